The van der Waals surface area contributed by atoms with Crippen molar-refractivity contribution in [2.45, 2.75) is 25.3 Å². The fourth-order valence-corrected chi connectivity index (χ4v) is 5.06. The number of aromatic nitrogens is 6. The van der Waals surface area contributed by atoms with Gasteiger partial charge in [-0.15, -0.1) is 15.3 Å². The molecule has 15 heteroatoms. The van der Waals surface area contributed by atoms with E-state index in [1.165, 1.54) is 17.1 Å². The van der Waals surface area contributed by atoms with Crippen LogP contribution in [-0.2, 0) is 9.59 Å². The number of hydrogen-bond acceptors (Lipinski definition) is 8. The summed E-state index contributed by atoms with van der Waals surface area (Å²) < 4.78 is 1.44. The highest BCUT2D eigenvalue weighted by Crippen LogP contribution is 2.29. The van der Waals surface area contributed by atoms with E-state index >= 15 is 0 Å². The third kappa shape index (κ3) is 7.50. The Bertz CT molecular complexity index is 1660. The van der Waals surface area contributed by atoms with Crippen molar-refractivity contribution in [2.24, 2.45) is 0 Å². The number of amides is 3. The molecule has 0 spiro atoms. The van der Waals surface area contributed by atoms with Crippen LogP contribution >= 0.6 is 23.2 Å². The second kappa shape index (κ2) is 13.4. The topological polar surface area (TPSA) is 168 Å². The molecule has 1 fully saturated rings. The number of carbonyl (C=O) groups is 3. The predicted molar refractivity (Wildman–Crippen MR) is 159 cm³/mol. The van der Waals surface area contributed by atoms with Gasteiger partial charge in [0.1, 0.15) is 6.33 Å². The van der Waals surface area contributed by atoms with Gasteiger partial charge in [-0.3, -0.25) is 14.9 Å². The van der Waals surface area contributed by atoms with Gasteiger partial charge in [-0.25, -0.2) is 4.79 Å². The van der Waals surface area contributed by atoms with Gasteiger partial charge in [-0.05, 0) is 65.7 Å². The zero-order chi connectivity index (χ0) is 30.3. The summed E-state index contributed by atoms with van der Waals surface area (Å²) in [6.07, 6.45) is 4.93. The quantitative estimate of drug-likeness (QED) is 0.229. The van der Waals surface area contributed by atoms with Gasteiger partial charge in [-0.2, -0.15) is 4.68 Å². The number of tetrazole rings is 1. The van der Waals surface area contributed by atoms with Crippen molar-refractivity contribution >= 4 is 52.9 Å². The van der Waals surface area contributed by atoms with E-state index in [0.29, 0.717) is 51.9 Å². The molecule has 1 aliphatic rings. The van der Waals surface area contributed by atoms with Crippen LogP contribution in [0, 0.1) is 0 Å². The van der Waals surface area contributed by atoms with Crippen molar-refractivity contribution in [2.75, 3.05) is 18.4 Å². The Labute approximate surface area is 255 Å². The molecule has 4 aromatic rings. The molecular formula is C28H25Cl2N9O4. The Morgan fingerprint density at radius 3 is 2.49 bits per heavy atom. The maximum Gasteiger partial charge on any atom is 0.409 e. The minimum absolute atomic E-state index is 0.0345. The number of likely N-dealkylation sites (tertiary alicyclic amines) is 1. The van der Waals surface area contributed by atoms with Crippen LogP contribution in [0.25, 0.3) is 23.0 Å². The predicted octanol–water partition coefficient (Wildman–Crippen LogP) is 4.40. The SMILES string of the molecule is O=C(O)Nc1ccc(-c2cc(C(CC(=O)N3CCCC3)NC(=O)C=Cc3cc(Cl)ccc3-n3cnnn3)c(Cl)nn2)cc1. The van der Waals surface area contributed by atoms with Crippen LogP contribution in [-0.4, -0.2) is 71.4 Å². The first-order chi connectivity index (χ1) is 20.8. The molecule has 1 aliphatic heterocycles. The molecule has 3 heterocycles. The van der Waals surface area contributed by atoms with E-state index in [0.717, 1.165) is 12.8 Å². The molecule has 13 nitrogen and oxygen atoms in total. The summed E-state index contributed by atoms with van der Waals surface area (Å²) in [5.41, 5.74) is 3.05. The number of hydrogen-bond donors (Lipinski definition) is 3. The largest absolute Gasteiger partial charge is 0.465 e. The highest BCUT2D eigenvalue weighted by molar-refractivity contribution is 6.31. The Hall–Kier alpha value is -4.88. The van der Waals surface area contributed by atoms with E-state index in [4.69, 9.17) is 28.3 Å². The maximum atomic E-state index is 13.2. The van der Waals surface area contributed by atoms with E-state index in [-0.39, 0.29) is 17.5 Å². The fraction of sp³-hybridized carbons (Fsp3) is 0.214. The van der Waals surface area contributed by atoms with Crippen molar-refractivity contribution in [3.05, 3.63) is 82.2 Å². The van der Waals surface area contributed by atoms with Crippen LogP contribution in [0.3, 0.4) is 0 Å². The third-order valence-corrected chi connectivity index (χ3v) is 7.27. The molecule has 43 heavy (non-hydrogen) atoms. The number of halogens is 2. The number of rotatable bonds is 9. The molecule has 0 bridgehead atoms. The summed E-state index contributed by atoms with van der Waals surface area (Å²) in [5, 5.41) is 34.1. The molecule has 2 aromatic carbocycles. The monoisotopic (exact) mass is 621 g/mol. The van der Waals surface area contributed by atoms with E-state index in [1.807, 2.05) is 0 Å². The molecule has 220 valence electrons. The van der Waals surface area contributed by atoms with E-state index in [9.17, 15) is 14.4 Å². The number of anilines is 1. The van der Waals surface area contributed by atoms with Crippen LogP contribution in [0.4, 0.5) is 10.5 Å². The second-order valence-electron chi connectivity index (χ2n) is 9.63. The lowest BCUT2D eigenvalue weighted by atomic mass is 10.0. The number of nitrogens with zero attached hydrogens (tertiary/aromatic N) is 7. The summed E-state index contributed by atoms with van der Waals surface area (Å²) in [6, 6.07) is 12.4. The Morgan fingerprint density at radius 1 is 1.02 bits per heavy atom. The third-order valence-electron chi connectivity index (χ3n) is 6.74. The standard InChI is InChI=1S/C28H25Cl2N9O4/c29-19-6-9-24(39-16-31-36-37-39)18(13-19)5-10-25(40)33-23(15-26(41)38-11-1-2-12-38)21-14-22(34-35-27(21)30)17-3-7-20(8-4-17)32-28(42)43/h3-10,13-14,16,23,32H,1-2,11-12,15H2,(H,33,40)(H,42,43). The van der Waals surface area contributed by atoms with Gasteiger partial charge in [0.25, 0.3) is 0 Å². The van der Waals surface area contributed by atoms with Crippen LogP contribution in [0.1, 0.15) is 36.4 Å². The molecule has 1 unspecified atom stereocenters. The van der Waals surface area contributed by atoms with E-state index in [1.54, 1.807) is 59.5 Å². The number of benzene rings is 2. The van der Waals surface area contributed by atoms with E-state index < -0.39 is 18.0 Å². The van der Waals surface area contributed by atoms with Crippen LogP contribution in [0.15, 0.2) is 60.9 Å². The van der Waals surface area contributed by atoms with Crippen molar-refractivity contribution in [3.63, 3.8) is 0 Å². The highest BCUT2D eigenvalue weighted by Gasteiger charge is 2.26. The number of nitrogens with one attached hydrogen (secondary N) is 2. The molecule has 2 aromatic heterocycles. The van der Waals surface area contributed by atoms with Gasteiger partial charge in [0.05, 0.1) is 23.8 Å². The molecule has 0 radical (unpaired) electrons. The minimum Gasteiger partial charge on any atom is -0.465 e. The van der Waals surface area contributed by atoms with Crippen molar-refractivity contribution in [1.82, 2.24) is 40.6 Å². The van der Waals surface area contributed by atoms with Gasteiger partial charge < -0.3 is 15.3 Å². The Morgan fingerprint density at radius 2 is 1.79 bits per heavy atom. The Balaban J connectivity index is 1.42. The first kappa shape index (κ1) is 29.6. The van der Waals surface area contributed by atoms with Crippen LogP contribution < -0.4 is 10.6 Å². The highest BCUT2D eigenvalue weighted by atomic mass is 35.5. The smallest absolute Gasteiger partial charge is 0.409 e. The summed E-state index contributed by atoms with van der Waals surface area (Å²) in [6.45, 7) is 1.30. The molecule has 1 saturated heterocycles. The second-order valence-corrected chi connectivity index (χ2v) is 10.4. The average Bonchev–Trinajstić information content (AvgIpc) is 3.72. The lowest BCUT2D eigenvalue weighted by molar-refractivity contribution is -0.130. The van der Waals surface area contributed by atoms with Gasteiger partial charge >= 0.3 is 6.09 Å². The summed E-state index contributed by atoms with van der Waals surface area (Å²) in [7, 11) is 0. The lowest BCUT2D eigenvalue weighted by Gasteiger charge is -2.22. The summed E-state index contributed by atoms with van der Waals surface area (Å²) in [5.74, 6) is -0.610. The van der Waals surface area contributed by atoms with Crippen molar-refractivity contribution < 1.29 is 19.5 Å². The first-order valence-electron chi connectivity index (χ1n) is 13.2. The zero-order valence-corrected chi connectivity index (χ0v) is 24.0. The van der Waals surface area contributed by atoms with Crippen molar-refractivity contribution in [1.29, 1.82) is 0 Å². The molecule has 1 atom stereocenters. The van der Waals surface area contributed by atoms with Gasteiger partial charge in [0.15, 0.2) is 5.15 Å². The Kier molecular flexibility index (Phi) is 9.23. The number of carbonyl (C=O) groups excluding carboxylic acids is 2. The fourth-order valence-electron chi connectivity index (χ4n) is 4.66. The van der Waals surface area contributed by atoms with Crippen LogP contribution in [0.2, 0.25) is 10.2 Å². The van der Waals surface area contributed by atoms with Crippen LogP contribution in [0.5, 0.6) is 0 Å². The molecular weight excluding hydrogens is 597 g/mol. The zero-order valence-electron chi connectivity index (χ0n) is 22.5. The number of carboxylic acid groups (broad SMARTS) is 1. The molecule has 3 amide bonds. The average molecular weight is 622 g/mol. The van der Waals surface area contributed by atoms with E-state index in [2.05, 4.69) is 36.4 Å². The lowest BCUT2D eigenvalue weighted by Crippen LogP contribution is -2.35. The maximum absolute atomic E-state index is 13.2. The molecule has 3 N–H and O–H groups in total. The normalized spacial score (nSPS) is 13.7. The summed E-state index contributed by atoms with van der Waals surface area (Å²) >= 11 is 12.7. The van der Waals surface area contributed by atoms with Gasteiger partial charge in [-0.1, -0.05) is 35.3 Å². The molecule has 0 aliphatic carbocycles. The van der Waals surface area contributed by atoms with Gasteiger partial charge in [0.2, 0.25) is 11.8 Å². The first-order valence-corrected chi connectivity index (χ1v) is 13.9. The van der Waals surface area contributed by atoms with Crippen molar-refractivity contribution in [3.8, 4) is 16.9 Å². The molecule has 5 rings (SSSR count). The molecule has 0 saturated carbocycles. The van der Waals surface area contributed by atoms with Gasteiger partial charge in [0, 0.05) is 46.6 Å². The minimum atomic E-state index is -1.18. The summed E-state index contributed by atoms with van der Waals surface area (Å²) in [4.78, 5) is 39.1.